The summed E-state index contributed by atoms with van der Waals surface area (Å²) < 4.78 is 29.2. The smallest absolute Gasteiger partial charge is 0.203 e. The van der Waals surface area contributed by atoms with Gasteiger partial charge in [0.05, 0.1) is 27.9 Å². The summed E-state index contributed by atoms with van der Waals surface area (Å²) in [5.41, 5.74) is 8.14. The zero-order valence-corrected chi connectivity index (χ0v) is 19.8. The van der Waals surface area contributed by atoms with Crippen molar-refractivity contribution in [1.29, 1.82) is 0 Å². The molecule has 1 aliphatic heterocycles. The van der Waals surface area contributed by atoms with Crippen molar-refractivity contribution in [3.63, 3.8) is 0 Å². The largest absolute Gasteiger partial charge is 0.493 e. The fraction of sp³-hybridized carbons (Fsp3) is 0.381. The van der Waals surface area contributed by atoms with Crippen LogP contribution in [0.15, 0.2) is 41.4 Å². The molecule has 2 aromatic rings. The molecule has 1 heterocycles. The minimum absolute atomic E-state index is 0. The molecule has 1 saturated heterocycles. The highest BCUT2D eigenvalue weighted by Gasteiger charge is 2.19. The molecule has 0 unspecified atom stereocenters. The Balaban J connectivity index is 0.00000320. The number of benzene rings is 2. The topological polar surface area (TPSA) is 72.6 Å². The standard InChI is InChI=1S/C21H27FN4O3.HI/c1-27-18-12-15(13-19(28-2)20(18)29-3)14-24-21(23)26-10-8-25(9-11-26)17-6-4-16(22)5-7-17;/h4-7,12-13H,8-11,14H2,1-3H3,(H2,23,24);1H. The van der Waals surface area contributed by atoms with Crippen molar-refractivity contribution in [2.75, 3.05) is 52.4 Å². The summed E-state index contributed by atoms with van der Waals surface area (Å²) in [7, 11) is 4.74. The molecule has 164 valence electrons. The molecule has 2 N–H and O–H groups in total. The molecular formula is C21H28FIN4O3. The molecule has 1 aliphatic rings. The van der Waals surface area contributed by atoms with E-state index in [0.717, 1.165) is 37.4 Å². The van der Waals surface area contributed by atoms with E-state index in [1.165, 1.54) is 12.1 Å². The van der Waals surface area contributed by atoms with Gasteiger partial charge in [-0.15, -0.1) is 24.0 Å². The fourth-order valence-corrected chi connectivity index (χ4v) is 3.34. The fourth-order valence-electron chi connectivity index (χ4n) is 3.34. The van der Waals surface area contributed by atoms with Crippen LogP contribution >= 0.6 is 24.0 Å². The Morgan fingerprint density at radius 3 is 2.03 bits per heavy atom. The van der Waals surface area contributed by atoms with Crippen molar-refractivity contribution in [3.05, 3.63) is 47.8 Å². The van der Waals surface area contributed by atoms with Crippen LogP contribution in [0.3, 0.4) is 0 Å². The van der Waals surface area contributed by atoms with Crippen LogP contribution in [0.2, 0.25) is 0 Å². The number of hydrogen-bond donors (Lipinski definition) is 1. The number of halogens is 2. The number of rotatable bonds is 6. The Morgan fingerprint density at radius 1 is 0.967 bits per heavy atom. The third-order valence-electron chi connectivity index (χ3n) is 4.94. The lowest BCUT2D eigenvalue weighted by atomic mass is 10.2. The Hall–Kier alpha value is -2.43. The second-order valence-electron chi connectivity index (χ2n) is 6.66. The number of nitrogens with two attached hydrogens (primary N) is 1. The molecule has 0 atom stereocenters. The van der Waals surface area contributed by atoms with Crippen molar-refractivity contribution < 1.29 is 18.6 Å². The monoisotopic (exact) mass is 530 g/mol. The third kappa shape index (κ3) is 5.59. The minimum atomic E-state index is -0.226. The van der Waals surface area contributed by atoms with Gasteiger partial charge in [-0.2, -0.15) is 0 Å². The van der Waals surface area contributed by atoms with E-state index >= 15 is 0 Å². The van der Waals surface area contributed by atoms with Gasteiger partial charge >= 0.3 is 0 Å². The van der Waals surface area contributed by atoms with Crippen molar-refractivity contribution in [3.8, 4) is 17.2 Å². The highest BCUT2D eigenvalue weighted by molar-refractivity contribution is 14.0. The van der Waals surface area contributed by atoms with E-state index in [-0.39, 0.29) is 29.8 Å². The first-order valence-corrected chi connectivity index (χ1v) is 9.40. The minimum Gasteiger partial charge on any atom is -0.493 e. The molecule has 0 amide bonds. The van der Waals surface area contributed by atoms with Gasteiger partial charge in [-0.25, -0.2) is 9.38 Å². The summed E-state index contributed by atoms with van der Waals surface area (Å²) in [4.78, 5) is 8.80. The molecule has 0 spiro atoms. The van der Waals surface area contributed by atoms with Crippen LogP contribution in [0.5, 0.6) is 17.2 Å². The van der Waals surface area contributed by atoms with Gasteiger partial charge < -0.3 is 29.7 Å². The quantitative estimate of drug-likeness (QED) is 0.352. The van der Waals surface area contributed by atoms with Gasteiger partial charge in [0, 0.05) is 31.9 Å². The maximum Gasteiger partial charge on any atom is 0.203 e. The average Bonchev–Trinajstić information content (AvgIpc) is 2.77. The lowest BCUT2D eigenvalue weighted by molar-refractivity contribution is 0.324. The van der Waals surface area contributed by atoms with E-state index in [1.807, 2.05) is 12.1 Å². The molecule has 0 bridgehead atoms. The van der Waals surface area contributed by atoms with Crippen LogP contribution in [0.25, 0.3) is 0 Å². The van der Waals surface area contributed by atoms with Gasteiger partial charge in [0.2, 0.25) is 5.75 Å². The summed E-state index contributed by atoms with van der Waals surface area (Å²) in [5.74, 6) is 1.99. The molecule has 2 aromatic carbocycles. The summed E-state index contributed by atoms with van der Waals surface area (Å²) in [6.45, 7) is 3.50. The van der Waals surface area contributed by atoms with Crippen LogP contribution in [-0.4, -0.2) is 58.4 Å². The summed E-state index contributed by atoms with van der Waals surface area (Å²) in [5, 5.41) is 0. The maximum atomic E-state index is 13.1. The SMILES string of the molecule is COc1cc(CN=C(N)N2CCN(c3ccc(F)cc3)CC2)cc(OC)c1OC.I. The molecule has 0 aromatic heterocycles. The predicted molar refractivity (Wildman–Crippen MR) is 127 cm³/mol. The highest BCUT2D eigenvalue weighted by atomic mass is 127. The van der Waals surface area contributed by atoms with Gasteiger partial charge in [-0.3, -0.25) is 0 Å². The van der Waals surface area contributed by atoms with Gasteiger partial charge in [-0.05, 0) is 42.0 Å². The number of hydrogen-bond acceptors (Lipinski definition) is 5. The lowest BCUT2D eigenvalue weighted by Gasteiger charge is -2.36. The lowest BCUT2D eigenvalue weighted by Crippen LogP contribution is -2.51. The third-order valence-corrected chi connectivity index (χ3v) is 4.94. The number of guanidine groups is 1. The highest BCUT2D eigenvalue weighted by Crippen LogP contribution is 2.38. The zero-order valence-electron chi connectivity index (χ0n) is 17.4. The predicted octanol–water partition coefficient (Wildman–Crippen LogP) is 3.11. The molecule has 0 saturated carbocycles. The van der Waals surface area contributed by atoms with Gasteiger partial charge in [-0.1, -0.05) is 0 Å². The number of methoxy groups -OCH3 is 3. The molecule has 3 rings (SSSR count). The van der Waals surface area contributed by atoms with E-state index in [1.54, 1.807) is 33.5 Å². The molecule has 0 aliphatic carbocycles. The number of piperazine rings is 1. The van der Waals surface area contributed by atoms with E-state index in [2.05, 4.69) is 14.8 Å². The second kappa shape index (κ2) is 11.1. The zero-order chi connectivity index (χ0) is 20.8. The Kier molecular flexibility index (Phi) is 8.82. The van der Waals surface area contributed by atoms with Crippen molar-refractivity contribution in [2.24, 2.45) is 10.7 Å². The Labute approximate surface area is 193 Å². The van der Waals surface area contributed by atoms with E-state index in [4.69, 9.17) is 19.9 Å². The first-order valence-electron chi connectivity index (χ1n) is 9.40. The molecule has 0 radical (unpaired) electrons. The summed E-state index contributed by atoms with van der Waals surface area (Å²) >= 11 is 0. The maximum absolute atomic E-state index is 13.1. The van der Waals surface area contributed by atoms with Crippen molar-refractivity contribution in [2.45, 2.75) is 6.54 Å². The second-order valence-corrected chi connectivity index (χ2v) is 6.66. The molecule has 30 heavy (non-hydrogen) atoms. The first-order chi connectivity index (χ1) is 14.0. The van der Waals surface area contributed by atoms with Crippen LogP contribution in [0.1, 0.15) is 5.56 Å². The number of nitrogens with zero attached hydrogens (tertiary/aromatic N) is 3. The normalized spacial score (nSPS) is 14.2. The van der Waals surface area contributed by atoms with Crippen molar-refractivity contribution >= 4 is 35.6 Å². The molecular weight excluding hydrogens is 502 g/mol. The van der Waals surface area contributed by atoms with Gasteiger partial charge in [0.1, 0.15) is 5.82 Å². The van der Waals surface area contributed by atoms with Crippen LogP contribution in [-0.2, 0) is 6.54 Å². The average molecular weight is 530 g/mol. The van der Waals surface area contributed by atoms with Crippen LogP contribution in [0.4, 0.5) is 10.1 Å². The number of anilines is 1. The van der Waals surface area contributed by atoms with E-state index < -0.39 is 0 Å². The van der Waals surface area contributed by atoms with Gasteiger partial charge in [0.15, 0.2) is 17.5 Å². The van der Waals surface area contributed by atoms with E-state index in [0.29, 0.717) is 29.8 Å². The van der Waals surface area contributed by atoms with E-state index in [9.17, 15) is 4.39 Å². The number of aliphatic imine (C=N–C) groups is 1. The summed E-state index contributed by atoms with van der Waals surface area (Å²) in [6, 6.07) is 10.3. The van der Waals surface area contributed by atoms with Crippen LogP contribution in [0, 0.1) is 5.82 Å². The van der Waals surface area contributed by atoms with Crippen LogP contribution < -0.4 is 24.8 Å². The van der Waals surface area contributed by atoms with Gasteiger partial charge in [0.25, 0.3) is 0 Å². The molecule has 7 nitrogen and oxygen atoms in total. The Bertz CT molecular complexity index is 831. The summed E-state index contributed by atoms with van der Waals surface area (Å²) in [6.07, 6.45) is 0. The number of ether oxygens (including phenoxy) is 3. The Morgan fingerprint density at radius 2 is 1.53 bits per heavy atom. The first kappa shape index (κ1) is 23.8. The van der Waals surface area contributed by atoms with Crippen molar-refractivity contribution in [1.82, 2.24) is 4.90 Å². The molecule has 9 heteroatoms. The molecule has 1 fully saturated rings.